The fourth-order valence-electron chi connectivity index (χ4n) is 2.31. The van der Waals surface area contributed by atoms with Crippen LogP contribution < -0.4 is 15.4 Å². The van der Waals surface area contributed by atoms with Crippen molar-refractivity contribution < 1.29 is 9.47 Å². The summed E-state index contributed by atoms with van der Waals surface area (Å²) < 4.78 is 10.5. The lowest BCUT2D eigenvalue weighted by atomic mass is 10.1. The van der Waals surface area contributed by atoms with E-state index in [9.17, 15) is 0 Å². The number of methoxy groups -OCH3 is 1. The van der Waals surface area contributed by atoms with Gasteiger partial charge in [0, 0.05) is 26.6 Å². The van der Waals surface area contributed by atoms with Crippen LogP contribution in [0.25, 0.3) is 0 Å². The van der Waals surface area contributed by atoms with E-state index in [-0.39, 0.29) is 0 Å². The van der Waals surface area contributed by atoms with E-state index in [0.717, 1.165) is 44.2 Å². The zero-order valence-corrected chi connectivity index (χ0v) is 12.9. The lowest BCUT2D eigenvalue weighted by Crippen LogP contribution is -2.38. The predicted molar refractivity (Wildman–Crippen MR) is 85.2 cm³/mol. The zero-order valence-electron chi connectivity index (χ0n) is 12.9. The van der Waals surface area contributed by atoms with Gasteiger partial charge in [-0.2, -0.15) is 0 Å². The molecule has 5 nitrogen and oxygen atoms in total. The number of nitrogens with one attached hydrogen (secondary N) is 2. The standard InChI is InChI=1S/C16H25N3O2/c1-3-17-16(19-9-11-20-2)18-8-6-13-4-5-15-14(12-13)7-10-21-15/h4-5,12H,3,6-11H2,1-2H3,(H2,17,18,19). The van der Waals surface area contributed by atoms with Gasteiger partial charge in [0.2, 0.25) is 0 Å². The Hall–Kier alpha value is -1.75. The molecule has 0 saturated heterocycles. The maximum Gasteiger partial charge on any atom is 0.191 e. The smallest absolute Gasteiger partial charge is 0.191 e. The van der Waals surface area contributed by atoms with Gasteiger partial charge in [0.05, 0.1) is 19.8 Å². The first-order valence-electron chi connectivity index (χ1n) is 7.59. The molecule has 2 N–H and O–H groups in total. The molecule has 0 aliphatic carbocycles. The van der Waals surface area contributed by atoms with Crippen molar-refractivity contribution in [1.29, 1.82) is 0 Å². The molecule has 0 fully saturated rings. The van der Waals surface area contributed by atoms with Crippen molar-refractivity contribution >= 4 is 5.96 Å². The minimum Gasteiger partial charge on any atom is -0.493 e. The number of guanidine groups is 1. The van der Waals surface area contributed by atoms with Crippen LogP contribution in [-0.2, 0) is 17.6 Å². The minimum absolute atomic E-state index is 0.640. The van der Waals surface area contributed by atoms with Gasteiger partial charge in [0.15, 0.2) is 5.96 Å². The molecule has 0 aromatic heterocycles. The quantitative estimate of drug-likeness (QED) is 0.452. The number of hydrogen-bond acceptors (Lipinski definition) is 3. The molecule has 1 heterocycles. The van der Waals surface area contributed by atoms with Gasteiger partial charge in [-0.3, -0.25) is 4.99 Å². The lowest BCUT2D eigenvalue weighted by molar-refractivity contribution is 0.208. The summed E-state index contributed by atoms with van der Waals surface area (Å²) in [5.41, 5.74) is 2.66. The van der Waals surface area contributed by atoms with E-state index in [1.54, 1.807) is 7.11 Å². The molecule has 1 aromatic rings. The molecule has 1 aliphatic heterocycles. The molecule has 0 unspecified atom stereocenters. The number of benzene rings is 1. The third-order valence-corrected chi connectivity index (χ3v) is 3.37. The fraction of sp³-hybridized carbons (Fsp3) is 0.562. The maximum absolute atomic E-state index is 5.53. The average Bonchev–Trinajstić information content (AvgIpc) is 2.95. The molecule has 0 radical (unpaired) electrons. The normalized spacial score (nSPS) is 13.7. The van der Waals surface area contributed by atoms with Crippen molar-refractivity contribution in [2.75, 3.05) is 40.0 Å². The van der Waals surface area contributed by atoms with E-state index in [2.05, 4.69) is 40.7 Å². The molecule has 21 heavy (non-hydrogen) atoms. The second-order valence-corrected chi connectivity index (χ2v) is 4.97. The number of ether oxygens (including phenoxy) is 2. The molecule has 2 rings (SSSR count). The van der Waals surface area contributed by atoms with Gasteiger partial charge < -0.3 is 20.1 Å². The summed E-state index contributed by atoms with van der Waals surface area (Å²) in [7, 11) is 1.69. The maximum atomic E-state index is 5.53. The highest BCUT2D eigenvalue weighted by Crippen LogP contribution is 2.25. The van der Waals surface area contributed by atoms with Crippen LogP contribution in [0.3, 0.4) is 0 Å². The van der Waals surface area contributed by atoms with E-state index in [4.69, 9.17) is 9.47 Å². The molecule has 116 valence electrons. The first-order valence-corrected chi connectivity index (χ1v) is 7.59. The summed E-state index contributed by atoms with van der Waals surface area (Å²) in [4.78, 5) is 4.44. The molecule has 1 aliphatic rings. The van der Waals surface area contributed by atoms with Gasteiger partial charge in [0.25, 0.3) is 0 Å². The molecule has 0 atom stereocenters. The van der Waals surface area contributed by atoms with Gasteiger partial charge in [-0.15, -0.1) is 0 Å². The van der Waals surface area contributed by atoms with Gasteiger partial charge in [0.1, 0.15) is 5.75 Å². The summed E-state index contributed by atoms with van der Waals surface area (Å²) in [6.45, 7) is 5.90. The van der Waals surface area contributed by atoms with Gasteiger partial charge >= 0.3 is 0 Å². The number of fused-ring (bicyclic) bond motifs is 1. The number of nitrogens with zero attached hydrogens (tertiary/aromatic N) is 1. The highest BCUT2D eigenvalue weighted by Gasteiger charge is 2.11. The van der Waals surface area contributed by atoms with Crippen LogP contribution in [0.2, 0.25) is 0 Å². The summed E-state index contributed by atoms with van der Waals surface area (Å²) in [6, 6.07) is 6.47. The second-order valence-electron chi connectivity index (χ2n) is 4.97. The largest absolute Gasteiger partial charge is 0.493 e. The Bertz CT molecular complexity index is 475. The molecular weight excluding hydrogens is 266 g/mol. The molecule has 1 aromatic carbocycles. The van der Waals surface area contributed by atoms with Crippen LogP contribution in [0.15, 0.2) is 23.2 Å². The van der Waals surface area contributed by atoms with E-state index in [0.29, 0.717) is 13.2 Å². The number of hydrogen-bond donors (Lipinski definition) is 2. The second kappa shape index (κ2) is 8.52. The Balaban J connectivity index is 1.80. The van der Waals surface area contributed by atoms with Crippen molar-refractivity contribution in [3.63, 3.8) is 0 Å². The average molecular weight is 291 g/mol. The fourth-order valence-corrected chi connectivity index (χ4v) is 2.31. The SMILES string of the molecule is CCNC(=NCCOC)NCCc1ccc2c(c1)CCO2. The molecule has 0 amide bonds. The Kier molecular flexibility index (Phi) is 6.34. The summed E-state index contributed by atoms with van der Waals surface area (Å²) in [6.07, 6.45) is 2.00. The third-order valence-electron chi connectivity index (χ3n) is 3.37. The minimum atomic E-state index is 0.640. The van der Waals surface area contributed by atoms with Crippen molar-refractivity contribution in [2.24, 2.45) is 4.99 Å². The summed E-state index contributed by atoms with van der Waals surface area (Å²) >= 11 is 0. The van der Waals surface area contributed by atoms with Crippen LogP contribution in [0, 0.1) is 0 Å². The molecule has 0 saturated carbocycles. The summed E-state index contributed by atoms with van der Waals surface area (Å²) in [5.74, 6) is 1.89. The Morgan fingerprint density at radius 1 is 1.38 bits per heavy atom. The first-order chi connectivity index (χ1) is 10.3. The monoisotopic (exact) mass is 291 g/mol. The Morgan fingerprint density at radius 3 is 3.10 bits per heavy atom. The Morgan fingerprint density at radius 2 is 2.29 bits per heavy atom. The van der Waals surface area contributed by atoms with E-state index in [1.165, 1.54) is 11.1 Å². The van der Waals surface area contributed by atoms with Crippen LogP contribution >= 0.6 is 0 Å². The molecular formula is C16H25N3O2. The van der Waals surface area contributed by atoms with E-state index in [1.807, 2.05) is 0 Å². The van der Waals surface area contributed by atoms with Crippen molar-refractivity contribution in [3.8, 4) is 5.75 Å². The van der Waals surface area contributed by atoms with Crippen molar-refractivity contribution in [3.05, 3.63) is 29.3 Å². The lowest BCUT2D eigenvalue weighted by Gasteiger charge is -2.11. The topological polar surface area (TPSA) is 54.9 Å². The van der Waals surface area contributed by atoms with Gasteiger partial charge in [-0.05, 0) is 30.5 Å². The molecule has 5 heteroatoms. The zero-order chi connectivity index (χ0) is 14.9. The van der Waals surface area contributed by atoms with Crippen LogP contribution in [-0.4, -0.2) is 45.9 Å². The Labute approximate surface area is 126 Å². The van der Waals surface area contributed by atoms with Crippen molar-refractivity contribution in [2.45, 2.75) is 19.8 Å². The molecule has 0 spiro atoms. The van der Waals surface area contributed by atoms with Crippen LogP contribution in [0.4, 0.5) is 0 Å². The van der Waals surface area contributed by atoms with E-state index >= 15 is 0 Å². The summed E-state index contributed by atoms with van der Waals surface area (Å²) in [5, 5.41) is 6.58. The van der Waals surface area contributed by atoms with Gasteiger partial charge in [-0.1, -0.05) is 12.1 Å². The van der Waals surface area contributed by atoms with Crippen LogP contribution in [0.5, 0.6) is 5.75 Å². The third kappa shape index (κ3) is 4.93. The highest BCUT2D eigenvalue weighted by atomic mass is 16.5. The predicted octanol–water partition coefficient (Wildman–Crippen LogP) is 1.37. The van der Waals surface area contributed by atoms with Crippen molar-refractivity contribution in [1.82, 2.24) is 10.6 Å². The highest BCUT2D eigenvalue weighted by molar-refractivity contribution is 5.79. The van der Waals surface area contributed by atoms with E-state index < -0.39 is 0 Å². The molecule has 0 bridgehead atoms. The number of rotatable bonds is 7. The van der Waals surface area contributed by atoms with Gasteiger partial charge in [-0.25, -0.2) is 0 Å². The number of aliphatic imine (C=N–C) groups is 1. The van der Waals surface area contributed by atoms with Crippen LogP contribution in [0.1, 0.15) is 18.1 Å². The first kappa shape index (κ1) is 15.6.